The van der Waals surface area contributed by atoms with Crippen LogP contribution in [0.5, 0.6) is 5.75 Å². The van der Waals surface area contributed by atoms with Gasteiger partial charge in [-0.15, -0.1) is 0 Å². The van der Waals surface area contributed by atoms with Crippen molar-refractivity contribution in [1.82, 2.24) is 14.7 Å². The molecular weight excluding hydrogens is 704 g/mol. The molecule has 1 aliphatic rings. The topological polar surface area (TPSA) is 141 Å². The third-order valence-corrected chi connectivity index (χ3v) is 11.0. The quantitative estimate of drug-likeness (QED) is 0.0823. The molecule has 1 saturated heterocycles. The first kappa shape index (κ1) is 38.5. The number of benzene rings is 3. The predicted octanol–water partition coefficient (Wildman–Crippen LogP) is 5.93. The molecule has 1 amide bonds. The second kappa shape index (κ2) is 16.8. The van der Waals surface area contributed by atoms with E-state index in [1.807, 2.05) is 30.3 Å². The van der Waals surface area contributed by atoms with Gasteiger partial charge < -0.3 is 14.4 Å². The summed E-state index contributed by atoms with van der Waals surface area (Å²) in [5.41, 5.74) is 1.01. The summed E-state index contributed by atoms with van der Waals surface area (Å²) in [6.07, 6.45) is 1.89. The zero-order chi connectivity index (χ0) is 37.5. The molecule has 0 N–H and O–H groups in total. The lowest BCUT2D eigenvalue weighted by molar-refractivity contribution is 0.0514. The molecule has 11 nitrogen and oxygen atoms in total. The molecule has 3 aromatic carbocycles. The molecule has 0 spiro atoms. The maximum absolute atomic E-state index is 14.7. The monoisotopic (exact) mass is 746 g/mol. The molecule has 2 heterocycles. The van der Waals surface area contributed by atoms with Crippen LogP contribution < -0.4 is 10.2 Å². The summed E-state index contributed by atoms with van der Waals surface area (Å²) in [5.74, 6) is -2.25. The van der Waals surface area contributed by atoms with Gasteiger partial charge >= 0.3 is 0 Å². The van der Waals surface area contributed by atoms with Gasteiger partial charge in [-0.3, -0.25) is 13.8 Å². The van der Waals surface area contributed by atoms with Crippen LogP contribution in [-0.4, -0.2) is 68.6 Å². The predicted molar refractivity (Wildman–Crippen MR) is 197 cm³/mol. The normalized spacial score (nSPS) is 15.9. The summed E-state index contributed by atoms with van der Waals surface area (Å²) in [4.78, 5) is 29.8. The van der Waals surface area contributed by atoms with E-state index in [1.165, 1.54) is 34.0 Å². The molecule has 1 fully saturated rings. The average Bonchev–Trinajstić information content (AvgIpc) is 3.59. The standard InChI is InChI=1S/C38H43FN4O7SSi/c1-51(46,47)50-37(34(30-12-8-13-31(39)22-30)29-17-15-27(23-40)16-18-29)32-14-9-19-43(32)38(45)35-36(44)33(49-25-28-10-6-5-7-11-28)24-42(41-35)26-48-20-21-52(2,3)4/h5-8,10-13,15-18,22,24,32,34,37H,9,14,19-21,25-26H2,1-4H3. The first-order chi connectivity index (χ1) is 24.7. The van der Waals surface area contributed by atoms with E-state index in [0.29, 0.717) is 36.1 Å². The highest BCUT2D eigenvalue weighted by Gasteiger charge is 2.44. The van der Waals surface area contributed by atoms with E-state index in [0.717, 1.165) is 17.9 Å². The smallest absolute Gasteiger partial charge is 0.278 e. The molecule has 1 aliphatic heterocycles. The number of aromatic nitrogens is 2. The van der Waals surface area contributed by atoms with Crippen molar-refractivity contribution >= 4 is 24.1 Å². The van der Waals surface area contributed by atoms with Crippen LogP contribution in [0.15, 0.2) is 89.9 Å². The molecule has 0 saturated carbocycles. The van der Waals surface area contributed by atoms with Crippen LogP contribution in [0.3, 0.4) is 0 Å². The zero-order valence-corrected chi connectivity index (χ0v) is 31.5. The number of carbonyl (C=O) groups is 1. The van der Waals surface area contributed by atoms with Gasteiger partial charge in [-0.2, -0.15) is 18.8 Å². The molecule has 0 radical (unpaired) electrons. The Morgan fingerprint density at radius 3 is 2.44 bits per heavy atom. The number of nitrogens with zero attached hydrogens (tertiary/aromatic N) is 4. The molecule has 0 bridgehead atoms. The van der Waals surface area contributed by atoms with Crippen molar-refractivity contribution in [2.24, 2.45) is 0 Å². The minimum Gasteiger partial charge on any atom is -0.483 e. The molecule has 3 unspecified atom stereocenters. The Kier molecular flexibility index (Phi) is 12.4. The first-order valence-corrected chi connectivity index (χ1v) is 22.6. The summed E-state index contributed by atoms with van der Waals surface area (Å²) in [7, 11) is -5.53. The van der Waals surface area contributed by atoms with Crippen LogP contribution >= 0.6 is 0 Å². The number of halogens is 1. The van der Waals surface area contributed by atoms with Crippen molar-refractivity contribution in [3.05, 3.63) is 129 Å². The lowest BCUT2D eigenvalue weighted by Gasteiger charge is -2.36. The fraction of sp³-hybridized carbons (Fsp3) is 0.368. The van der Waals surface area contributed by atoms with Crippen LogP contribution in [0, 0.1) is 17.1 Å². The van der Waals surface area contributed by atoms with Crippen LogP contribution in [0.4, 0.5) is 4.39 Å². The Morgan fingerprint density at radius 1 is 1.06 bits per heavy atom. The van der Waals surface area contributed by atoms with E-state index in [-0.39, 0.29) is 25.6 Å². The summed E-state index contributed by atoms with van der Waals surface area (Å²) in [6.45, 7) is 7.38. The van der Waals surface area contributed by atoms with Crippen LogP contribution in [0.25, 0.3) is 0 Å². The van der Waals surface area contributed by atoms with E-state index in [1.54, 1.807) is 30.3 Å². The van der Waals surface area contributed by atoms with E-state index >= 15 is 0 Å². The molecule has 52 heavy (non-hydrogen) atoms. The second-order valence-electron chi connectivity index (χ2n) is 14.1. The highest BCUT2D eigenvalue weighted by molar-refractivity contribution is 7.86. The molecule has 14 heteroatoms. The second-order valence-corrected chi connectivity index (χ2v) is 21.3. The number of ether oxygens (including phenoxy) is 2. The Balaban J connectivity index is 1.55. The Labute approximate surface area is 304 Å². The maximum Gasteiger partial charge on any atom is 0.278 e. The average molecular weight is 747 g/mol. The Bertz CT molecular complexity index is 2070. The lowest BCUT2D eigenvalue weighted by atomic mass is 9.82. The fourth-order valence-corrected chi connectivity index (χ4v) is 7.60. The lowest BCUT2D eigenvalue weighted by Crippen LogP contribution is -2.48. The van der Waals surface area contributed by atoms with Crippen molar-refractivity contribution in [3.8, 4) is 11.8 Å². The van der Waals surface area contributed by atoms with E-state index in [2.05, 4.69) is 30.8 Å². The van der Waals surface area contributed by atoms with Crippen LogP contribution in [0.1, 0.15) is 51.5 Å². The maximum atomic E-state index is 14.7. The van der Waals surface area contributed by atoms with Gasteiger partial charge in [0.15, 0.2) is 11.4 Å². The van der Waals surface area contributed by atoms with Crippen molar-refractivity contribution in [1.29, 1.82) is 5.26 Å². The molecule has 0 aliphatic carbocycles. The number of likely N-dealkylation sites (tertiary alicyclic amines) is 1. The van der Waals surface area contributed by atoms with Gasteiger partial charge in [0, 0.05) is 27.1 Å². The third kappa shape index (κ3) is 10.2. The number of nitriles is 1. The van der Waals surface area contributed by atoms with E-state index in [4.69, 9.17) is 13.7 Å². The number of amides is 1. The van der Waals surface area contributed by atoms with Crippen molar-refractivity contribution in [2.75, 3.05) is 19.4 Å². The summed E-state index contributed by atoms with van der Waals surface area (Å²) < 4.78 is 59.4. The highest BCUT2D eigenvalue weighted by Crippen LogP contribution is 2.38. The molecule has 3 atom stereocenters. The van der Waals surface area contributed by atoms with Crippen molar-refractivity contribution in [2.45, 2.75) is 69.9 Å². The number of rotatable bonds is 15. The molecule has 274 valence electrons. The van der Waals surface area contributed by atoms with Crippen LogP contribution in [0.2, 0.25) is 25.7 Å². The van der Waals surface area contributed by atoms with Gasteiger partial charge in [-0.05, 0) is 59.8 Å². The SMILES string of the molecule is C[Si](C)(C)CCOCn1cc(OCc2ccccc2)c(=O)c(C(=O)N2CCCC2C(OS(C)(=O)=O)C(c2ccc(C#N)cc2)c2cccc(F)c2)n1. The van der Waals surface area contributed by atoms with E-state index < -0.39 is 59.1 Å². The van der Waals surface area contributed by atoms with Gasteiger partial charge in [0.25, 0.3) is 21.5 Å². The number of carbonyl (C=O) groups excluding carboxylic acids is 1. The third-order valence-electron chi connectivity index (χ3n) is 8.75. The molecule has 1 aromatic heterocycles. The summed E-state index contributed by atoms with van der Waals surface area (Å²) in [5, 5.41) is 13.8. The highest BCUT2D eigenvalue weighted by atomic mass is 32.2. The number of hydrogen-bond acceptors (Lipinski definition) is 9. The zero-order valence-electron chi connectivity index (χ0n) is 29.7. The van der Waals surface area contributed by atoms with Crippen molar-refractivity contribution in [3.63, 3.8) is 0 Å². The van der Waals surface area contributed by atoms with Gasteiger partial charge in [0.05, 0.1) is 30.1 Å². The largest absolute Gasteiger partial charge is 0.483 e. The first-order valence-electron chi connectivity index (χ1n) is 17.0. The number of hydrogen-bond donors (Lipinski definition) is 0. The summed E-state index contributed by atoms with van der Waals surface area (Å²) >= 11 is 0. The van der Waals surface area contributed by atoms with Crippen LogP contribution in [-0.2, 0) is 32.4 Å². The van der Waals surface area contributed by atoms with Gasteiger partial charge in [0.1, 0.15) is 25.3 Å². The van der Waals surface area contributed by atoms with E-state index in [9.17, 15) is 27.7 Å². The Morgan fingerprint density at radius 2 is 1.79 bits per heavy atom. The minimum absolute atomic E-state index is 0.0314. The molecular formula is C38H43FN4O7SSi. The minimum atomic E-state index is -4.14. The fourth-order valence-electron chi connectivity index (χ4n) is 6.20. The Hall–Kier alpha value is -4.68. The van der Waals surface area contributed by atoms with Gasteiger partial charge in [-0.1, -0.05) is 74.2 Å². The van der Waals surface area contributed by atoms with Gasteiger partial charge in [-0.25, -0.2) is 9.07 Å². The van der Waals surface area contributed by atoms with Crippen molar-refractivity contribution < 1.29 is 31.3 Å². The summed E-state index contributed by atoms with van der Waals surface area (Å²) in [6, 6.07) is 23.6. The van der Waals surface area contributed by atoms with Gasteiger partial charge in [0.2, 0.25) is 0 Å². The molecule has 5 rings (SSSR count). The molecule has 4 aromatic rings.